The van der Waals surface area contributed by atoms with Crippen molar-refractivity contribution in [1.82, 2.24) is 0 Å². The molecule has 0 aliphatic heterocycles. The Hall–Kier alpha value is 0. The maximum Gasteiger partial charge on any atom is -0.0388 e. The molecule has 2 atom stereocenters. The van der Waals surface area contributed by atoms with E-state index < -0.39 is 0 Å². The van der Waals surface area contributed by atoms with Crippen LogP contribution in [0, 0.1) is 17.8 Å². The second-order valence-electron chi connectivity index (χ2n) is 4.06. The van der Waals surface area contributed by atoms with Crippen LogP contribution < -0.4 is 0 Å². The van der Waals surface area contributed by atoms with E-state index in [0.29, 0.717) is 0 Å². The van der Waals surface area contributed by atoms with E-state index in [1.54, 1.807) is 0 Å². The first-order valence-electron chi connectivity index (χ1n) is 4.74. The summed E-state index contributed by atoms with van der Waals surface area (Å²) < 4.78 is 0. The molecular formula is C10H20. The monoisotopic (exact) mass is 140 g/mol. The molecule has 0 N–H and O–H groups in total. The smallest absolute Gasteiger partial charge is 0.0388 e. The Labute approximate surface area is 65.0 Å². The minimum absolute atomic E-state index is 0.954. The molecule has 1 aliphatic carbocycles. The Morgan fingerprint density at radius 2 is 1.90 bits per heavy atom. The van der Waals surface area contributed by atoms with E-state index in [1.807, 2.05) is 0 Å². The van der Waals surface area contributed by atoms with Gasteiger partial charge in [-0.2, -0.15) is 0 Å². The van der Waals surface area contributed by atoms with Crippen LogP contribution in [0.25, 0.3) is 0 Å². The van der Waals surface area contributed by atoms with Gasteiger partial charge in [-0.05, 0) is 37.0 Å². The van der Waals surface area contributed by atoms with Gasteiger partial charge in [-0.1, -0.05) is 27.2 Å². The van der Waals surface area contributed by atoms with Crippen LogP contribution >= 0.6 is 0 Å². The fourth-order valence-electron chi connectivity index (χ4n) is 1.66. The predicted octanol–water partition coefficient (Wildman–Crippen LogP) is 3.47. The van der Waals surface area contributed by atoms with Gasteiger partial charge in [0.1, 0.15) is 0 Å². The maximum absolute atomic E-state index is 2.42. The molecule has 0 heteroatoms. The Balaban J connectivity index is 2.10. The van der Waals surface area contributed by atoms with Crippen LogP contribution in [0.1, 0.15) is 46.5 Å². The lowest BCUT2D eigenvalue weighted by Gasteiger charge is -2.14. The third kappa shape index (κ3) is 2.32. The molecule has 1 saturated carbocycles. The third-order valence-electron chi connectivity index (χ3n) is 2.90. The topological polar surface area (TPSA) is 0 Å². The van der Waals surface area contributed by atoms with E-state index >= 15 is 0 Å². The SMILES string of the molecule is CCC(C)CC(C)C1CC1. The van der Waals surface area contributed by atoms with Crippen LogP contribution in [-0.4, -0.2) is 0 Å². The summed E-state index contributed by atoms with van der Waals surface area (Å²) in [4.78, 5) is 0. The Kier molecular flexibility index (Phi) is 2.76. The van der Waals surface area contributed by atoms with Gasteiger partial charge in [-0.15, -0.1) is 0 Å². The summed E-state index contributed by atoms with van der Waals surface area (Å²) in [7, 11) is 0. The van der Waals surface area contributed by atoms with Gasteiger partial charge in [-0.3, -0.25) is 0 Å². The van der Waals surface area contributed by atoms with Crippen LogP contribution in [-0.2, 0) is 0 Å². The Morgan fingerprint density at radius 1 is 1.30 bits per heavy atom. The van der Waals surface area contributed by atoms with Crippen molar-refractivity contribution in [3.8, 4) is 0 Å². The molecule has 0 aromatic rings. The van der Waals surface area contributed by atoms with Crippen molar-refractivity contribution in [2.45, 2.75) is 46.5 Å². The highest BCUT2D eigenvalue weighted by atomic mass is 14.3. The fraction of sp³-hybridized carbons (Fsp3) is 1.00. The van der Waals surface area contributed by atoms with Crippen molar-refractivity contribution >= 4 is 0 Å². The van der Waals surface area contributed by atoms with E-state index in [0.717, 1.165) is 17.8 Å². The minimum Gasteiger partial charge on any atom is -0.0651 e. The van der Waals surface area contributed by atoms with Crippen molar-refractivity contribution in [3.63, 3.8) is 0 Å². The van der Waals surface area contributed by atoms with Gasteiger partial charge in [0.25, 0.3) is 0 Å². The molecule has 0 bridgehead atoms. The molecule has 0 aromatic heterocycles. The molecule has 0 amide bonds. The van der Waals surface area contributed by atoms with Gasteiger partial charge >= 0.3 is 0 Å². The molecule has 1 aliphatic rings. The van der Waals surface area contributed by atoms with E-state index in [4.69, 9.17) is 0 Å². The molecule has 1 fully saturated rings. The largest absolute Gasteiger partial charge is 0.0651 e. The minimum atomic E-state index is 0.954. The highest BCUT2D eigenvalue weighted by Gasteiger charge is 2.28. The normalized spacial score (nSPS) is 24.3. The van der Waals surface area contributed by atoms with Crippen LogP contribution in [0.3, 0.4) is 0 Å². The summed E-state index contributed by atoms with van der Waals surface area (Å²) in [6.45, 7) is 7.09. The summed E-state index contributed by atoms with van der Waals surface area (Å²) in [5.41, 5.74) is 0. The molecule has 1 rings (SSSR count). The average molecular weight is 140 g/mol. The first kappa shape index (κ1) is 8.10. The lowest BCUT2D eigenvalue weighted by molar-refractivity contribution is 0.372. The Morgan fingerprint density at radius 3 is 2.30 bits per heavy atom. The maximum atomic E-state index is 2.42. The van der Waals surface area contributed by atoms with Crippen LogP contribution in [0.5, 0.6) is 0 Å². The first-order chi connectivity index (χ1) is 4.74. The van der Waals surface area contributed by atoms with E-state index in [1.165, 1.54) is 25.7 Å². The summed E-state index contributed by atoms with van der Waals surface area (Å²) in [6, 6.07) is 0. The van der Waals surface area contributed by atoms with Gasteiger partial charge in [-0.25, -0.2) is 0 Å². The predicted molar refractivity (Wildman–Crippen MR) is 46.0 cm³/mol. The molecular weight excluding hydrogens is 120 g/mol. The Bertz CT molecular complexity index is 92.2. The summed E-state index contributed by atoms with van der Waals surface area (Å²) in [6.07, 6.45) is 5.84. The van der Waals surface area contributed by atoms with Crippen LogP contribution in [0.15, 0.2) is 0 Å². The second kappa shape index (κ2) is 3.41. The summed E-state index contributed by atoms with van der Waals surface area (Å²) in [5.74, 6) is 3.07. The quantitative estimate of drug-likeness (QED) is 0.561. The zero-order valence-corrected chi connectivity index (χ0v) is 7.56. The fourth-order valence-corrected chi connectivity index (χ4v) is 1.66. The first-order valence-corrected chi connectivity index (χ1v) is 4.74. The van der Waals surface area contributed by atoms with Crippen LogP contribution in [0.4, 0.5) is 0 Å². The van der Waals surface area contributed by atoms with E-state index in [9.17, 15) is 0 Å². The highest BCUT2D eigenvalue weighted by molar-refractivity contribution is 4.79. The van der Waals surface area contributed by atoms with Crippen molar-refractivity contribution in [3.05, 3.63) is 0 Å². The molecule has 2 unspecified atom stereocenters. The summed E-state index contributed by atoms with van der Waals surface area (Å²) in [5, 5.41) is 0. The zero-order chi connectivity index (χ0) is 7.56. The van der Waals surface area contributed by atoms with E-state index in [-0.39, 0.29) is 0 Å². The molecule has 0 spiro atoms. The van der Waals surface area contributed by atoms with Crippen LogP contribution in [0.2, 0.25) is 0 Å². The van der Waals surface area contributed by atoms with Crippen molar-refractivity contribution in [1.29, 1.82) is 0 Å². The number of hydrogen-bond donors (Lipinski definition) is 0. The number of hydrogen-bond acceptors (Lipinski definition) is 0. The van der Waals surface area contributed by atoms with Gasteiger partial charge in [0.05, 0.1) is 0 Å². The average Bonchev–Trinajstić information content (AvgIpc) is 2.68. The standard InChI is InChI=1S/C10H20/c1-4-8(2)7-9(3)10-5-6-10/h8-10H,4-7H2,1-3H3. The highest BCUT2D eigenvalue weighted by Crippen LogP contribution is 2.39. The molecule has 0 heterocycles. The van der Waals surface area contributed by atoms with Gasteiger partial charge < -0.3 is 0 Å². The van der Waals surface area contributed by atoms with Gasteiger partial charge in [0, 0.05) is 0 Å². The van der Waals surface area contributed by atoms with E-state index in [2.05, 4.69) is 20.8 Å². The lowest BCUT2D eigenvalue weighted by atomic mass is 9.92. The molecule has 60 valence electrons. The molecule has 0 nitrogen and oxygen atoms in total. The van der Waals surface area contributed by atoms with Gasteiger partial charge in [0.15, 0.2) is 0 Å². The van der Waals surface area contributed by atoms with Crippen molar-refractivity contribution in [2.24, 2.45) is 17.8 Å². The molecule has 0 radical (unpaired) electrons. The van der Waals surface area contributed by atoms with Crippen molar-refractivity contribution < 1.29 is 0 Å². The molecule has 0 aromatic carbocycles. The lowest BCUT2D eigenvalue weighted by Crippen LogP contribution is -2.03. The van der Waals surface area contributed by atoms with Gasteiger partial charge in [0.2, 0.25) is 0 Å². The molecule has 10 heavy (non-hydrogen) atoms. The zero-order valence-electron chi connectivity index (χ0n) is 7.56. The number of rotatable bonds is 4. The third-order valence-corrected chi connectivity index (χ3v) is 2.90. The second-order valence-corrected chi connectivity index (χ2v) is 4.06. The van der Waals surface area contributed by atoms with Crippen molar-refractivity contribution in [2.75, 3.05) is 0 Å². The molecule has 0 saturated heterocycles. The summed E-state index contributed by atoms with van der Waals surface area (Å²) >= 11 is 0.